The number of fused-ring (bicyclic) bond motifs is 1. The summed E-state index contributed by atoms with van der Waals surface area (Å²) in [5.41, 5.74) is 2.68. The number of aromatic nitrogens is 2. The number of esters is 1. The maximum Gasteiger partial charge on any atom is 0.328 e. The van der Waals surface area contributed by atoms with Crippen LogP contribution in [-0.4, -0.2) is 32.7 Å². The van der Waals surface area contributed by atoms with Gasteiger partial charge in [-0.05, 0) is 51.2 Å². The Kier molecular flexibility index (Phi) is 5.95. The molecule has 0 saturated carbocycles. The van der Waals surface area contributed by atoms with Crippen LogP contribution in [0.3, 0.4) is 0 Å². The molecule has 154 valence electrons. The van der Waals surface area contributed by atoms with Crippen molar-refractivity contribution >= 4 is 17.6 Å². The van der Waals surface area contributed by atoms with Gasteiger partial charge < -0.3 is 10.1 Å². The number of benzene rings is 1. The summed E-state index contributed by atoms with van der Waals surface area (Å²) in [6, 6.07) is 7.89. The molecule has 1 aliphatic rings. The lowest BCUT2D eigenvalue weighted by Gasteiger charge is -2.27. The summed E-state index contributed by atoms with van der Waals surface area (Å²) in [7, 11) is 0. The molecule has 3 rings (SSSR count). The molecular formula is C20H24N4O5. The molecule has 2 aromatic rings. The van der Waals surface area contributed by atoms with Crippen LogP contribution in [0.15, 0.2) is 24.3 Å². The third kappa shape index (κ3) is 4.44. The molecule has 9 nitrogen and oxygen atoms in total. The number of carbonyl (C=O) groups excluding carboxylic acids is 2. The molecule has 1 heterocycles. The minimum absolute atomic E-state index is 0.104. The molecule has 1 amide bonds. The molecule has 0 saturated heterocycles. The van der Waals surface area contributed by atoms with Crippen molar-refractivity contribution in [2.45, 2.75) is 58.7 Å². The Morgan fingerprint density at radius 3 is 2.79 bits per heavy atom. The van der Waals surface area contributed by atoms with E-state index in [0.717, 1.165) is 24.8 Å². The normalized spacial score (nSPS) is 16.6. The minimum Gasteiger partial charge on any atom is -0.451 e. The maximum absolute atomic E-state index is 12.5. The monoisotopic (exact) mass is 400 g/mol. The van der Waals surface area contributed by atoms with E-state index in [1.807, 2.05) is 18.2 Å². The van der Waals surface area contributed by atoms with Crippen molar-refractivity contribution in [3.05, 3.63) is 56.9 Å². The third-order valence-corrected chi connectivity index (χ3v) is 5.17. The topological polar surface area (TPSA) is 116 Å². The number of aryl methyl sites for hydroxylation is 2. The zero-order valence-electron chi connectivity index (χ0n) is 16.7. The minimum atomic E-state index is -0.983. The number of nitrogens with one attached hydrogen (secondary N) is 1. The molecule has 0 radical (unpaired) electrons. The third-order valence-electron chi connectivity index (χ3n) is 5.17. The van der Waals surface area contributed by atoms with E-state index in [4.69, 9.17) is 4.74 Å². The van der Waals surface area contributed by atoms with Crippen LogP contribution in [-0.2, 0) is 27.3 Å². The van der Waals surface area contributed by atoms with Crippen molar-refractivity contribution < 1.29 is 19.2 Å². The molecule has 1 aliphatic carbocycles. The number of ether oxygens (including phenoxy) is 1. The number of nitro groups is 1. The van der Waals surface area contributed by atoms with Gasteiger partial charge in [0, 0.05) is 0 Å². The first-order valence-corrected chi connectivity index (χ1v) is 9.54. The Hall–Kier alpha value is -3.23. The van der Waals surface area contributed by atoms with Gasteiger partial charge in [0.2, 0.25) is 0 Å². The van der Waals surface area contributed by atoms with Crippen LogP contribution in [0.25, 0.3) is 0 Å². The van der Waals surface area contributed by atoms with Crippen molar-refractivity contribution in [3.8, 4) is 0 Å². The summed E-state index contributed by atoms with van der Waals surface area (Å²) in [4.78, 5) is 35.3. The molecule has 1 N–H and O–H groups in total. The largest absolute Gasteiger partial charge is 0.451 e. The number of hydrogen-bond donors (Lipinski definition) is 1. The van der Waals surface area contributed by atoms with Crippen molar-refractivity contribution in [2.24, 2.45) is 0 Å². The quantitative estimate of drug-likeness (QED) is 0.452. The van der Waals surface area contributed by atoms with Gasteiger partial charge in [-0.2, -0.15) is 5.10 Å². The first-order valence-electron chi connectivity index (χ1n) is 9.54. The highest BCUT2D eigenvalue weighted by molar-refractivity contribution is 5.83. The van der Waals surface area contributed by atoms with Crippen LogP contribution in [0.2, 0.25) is 0 Å². The summed E-state index contributed by atoms with van der Waals surface area (Å²) in [6.45, 7) is 4.23. The summed E-state index contributed by atoms with van der Waals surface area (Å²) in [5, 5.41) is 18.0. The van der Waals surface area contributed by atoms with Crippen LogP contribution in [0.4, 0.5) is 5.69 Å². The van der Waals surface area contributed by atoms with E-state index in [2.05, 4.69) is 16.5 Å². The molecule has 2 atom stereocenters. The fourth-order valence-electron chi connectivity index (χ4n) is 3.71. The summed E-state index contributed by atoms with van der Waals surface area (Å²) in [5.74, 6) is -1.06. The molecule has 1 aromatic carbocycles. The zero-order valence-corrected chi connectivity index (χ0v) is 16.7. The highest BCUT2D eigenvalue weighted by Gasteiger charge is 2.27. The predicted molar refractivity (Wildman–Crippen MR) is 104 cm³/mol. The summed E-state index contributed by atoms with van der Waals surface area (Å²) < 4.78 is 6.45. The van der Waals surface area contributed by atoms with Crippen molar-refractivity contribution in [1.82, 2.24) is 15.1 Å². The van der Waals surface area contributed by atoms with Gasteiger partial charge in [-0.25, -0.2) is 0 Å². The van der Waals surface area contributed by atoms with E-state index in [0.29, 0.717) is 0 Å². The van der Waals surface area contributed by atoms with Crippen molar-refractivity contribution in [3.63, 3.8) is 0 Å². The van der Waals surface area contributed by atoms with E-state index in [1.165, 1.54) is 31.0 Å². The fraction of sp³-hybridized carbons (Fsp3) is 0.450. The van der Waals surface area contributed by atoms with E-state index >= 15 is 0 Å². The number of nitrogens with zero attached hydrogens (tertiary/aromatic N) is 3. The molecule has 0 unspecified atom stereocenters. The van der Waals surface area contributed by atoms with E-state index in [-0.39, 0.29) is 35.6 Å². The summed E-state index contributed by atoms with van der Waals surface area (Å²) >= 11 is 0. The lowest BCUT2D eigenvalue weighted by Crippen LogP contribution is -2.39. The lowest BCUT2D eigenvalue weighted by atomic mass is 9.87. The number of carbonyl (C=O) groups is 2. The Morgan fingerprint density at radius 2 is 2.10 bits per heavy atom. The first kappa shape index (κ1) is 20.5. The standard InChI is InChI=1S/C20H24N4O5/c1-12-19(24(27)28)13(2)23(22-12)11-18(25)29-14(3)20(26)21-17-10-6-8-15-7-4-5-9-16(15)17/h4-5,7,9,14,17H,6,8,10-11H2,1-3H3,(H,21,26)/t14-,17-/m0/s1. The average molecular weight is 400 g/mol. The van der Waals surface area contributed by atoms with Gasteiger partial charge in [-0.15, -0.1) is 0 Å². The molecule has 9 heteroatoms. The molecule has 0 fully saturated rings. The van der Waals surface area contributed by atoms with E-state index in [9.17, 15) is 19.7 Å². The van der Waals surface area contributed by atoms with Crippen LogP contribution in [0, 0.1) is 24.0 Å². The molecule has 1 aromatic heterocycles. The van der Waals surface area contributed by atoms with Gasteiger partial charge >= 0.3 is 11.7 Å². The number of amides is 1. The second-order valence-corrected chi connectivity index (χ2v) is 7.22. The van der Waals surface area contributed by atoms with Crippen LogP contribution in [0.5, 0.6) is 0 Å². The second-order valence-electron chi connectivity index (χ2n) is 7.22. The first-order chi connectivity index (χ1) is 13.8. The Labute approximate surface area is 168 Å². The van der Waals surface area contributed by atoms with Gasteiger partial charge in [-0.1, -0.05) is 24.3 Å². The maximum atomic E-state index is 12.5. The van der Waals surface area contributed by atoms with Gasteiger partial charge in [-0.3, -0.25) is 24.4 Å². The highest BCUT2D eigenvalue weighted by Crippen LogP contribution is 2.29. The zero-order chi connectivity index (χ0) is 21.1. The smallest absolute Gasteiger partial charge is 0.328 e. The Bertz CT molecular complexity index is 952. The highest BCUT2D eigenvalue weighted by atomic mass is 16.6. The van der Waals surface area contributed by atoms with E-state index in [1.54, 1.807) is 0 Å². The molecule has 29 heavy (non-hydrogen) atoms. The van der Waals surface area contributed by atoms with Crippen molar-refractivity contribution in [2.75, 3.05) is 0 Å². The van der Waals surface area contributed by atoms with Crippen molar-refractivity contribution in [1.29, 1.82) is 0 Å². The van der Waals surface area contributed by atoms with Crippen LogP contribution in [0.1, 0.15) is 48.3 Å². The SMILES string of the molecule is Cc1nn(CC(=O)O[C@@H](C)C(=O)N[C@H]2CCCc3ccccc32)c(C)c1[N+](=O)[O-]. The predicted octanol–water partition coefficient (Wildman–Crippen LogP) is 2.53. The second kappa shape index (κ2) is 8.42. The summed E-state index contributed by atoms with van der Waals surface area (Å²) in [6.07, 6.45) is 1.82. The van der Waals surface area contributed by atoms with Gasteiger partial charge in [0.1, 0.15) is 17.9 Å². The van der Waals surface area contributed by atoms with E-state index < -0.39 is 17.0 Å². The molecule has 0 spiro atoms. The number of rotatable bonds is 6. The van der Waals surface area contributed by atoms with Gasteiger partial charge in [0.25, 0.3) is 5.91 Å². The molecular weight excluding hydrogens is 376 g/mol. The Balaban J connectivity index is 1.60. The van der Waals surface area contributed by atoms with Crippen LogP contribution >= 0.6 is 0 Å². The molecule has 0 aliphatic heterocycles. The average Bonchev–Trinajstić information content (AvgIpc) is 2.95. The molecule has 0 bridgehead atoms. The van der Waals surface area contributed by atoms with Crippen LogP contribution < -0.4 is 5.32 Å². The fourth-order valence-corrected chi connectivity index (χ4v) is 3.71. The lowest BCUT2D eigenvalue weighted by molar-refractivity contribution is -0.386. The number of hydrogen-bond acceptors (Lipinski definition) is 6. The van der Waals surface area contributed by atoms with Gasteiger partial charge in [0.05, 0.1) is 11.0 Å². The Morgan fingerprint density at radius 1 is 1.38 bits per heavy atom. The van der Waals surface area contributed by atoms with Gasteiger partial charge in [0.15, 0.2) is 6.10 Å².